The Hall–Kier alpha value is -1.26. The first-order valence-electron chi connectivity index (χ1n) is 8.23. The molecule has 2 amide bonds. The molecule has 5 heteroatoms. The average molecular weight is 296 g/mol. The maximum absolute atomic E-state index is 12.6. The normalized spacial score (nSPS) is 30.3. The minimum absolute atomic E-state index is 0.0390. The number of amides is 2. The number of aliphatic carboxylic acids is 1. The van der Waals surface area contributed by atoms with Crippen molar-refractivity contribution >= 4 is 12.0 Å². The molecule has 120 valence electrons. The smallest absolute Gasteiger partial charge is 0.320 e. The van der Waals surface area contributed by atoms with E-state index in [0.29, 0.717) is 19.5 Å². The van der Waals surface area contributed by atoms with Crippen LogP contribution < -0.4 is 0 Å². The van der Waals surface area contributed by atoms with E-state index in [1.54, 1.807) is 11.8 Å². The summed E-state index contributed by atoms with van der Waals surface area (Å²) in [5, 5.41) is 9.27. The second kappa shape index (κ2) is 6.67. The van der Waals surface area contributed by atoms with Crippen molar-refractivity contribution in [2.45, 2.75) is 52.4 Å². The second-order valence-corrected chi connectivity index (χ2v) is 6.89. The molecule has 0 aromatic heterocycles. The van der Waals surface area contributed by atoms with Crippen LogP contribution in [-0.2, 0) is 4.79 Å². The van der Waals surface area contributed by atoms with E-state index in [1.807, 2.05) is 4.90 Å². The van der Waals surface area contributed by atoms with Gasteiger partial charge in [0.1, 0.15) is 0 Å². The van der Waals surface area contributed by atoms with Crippen LogP contribution in [0, 0.1) is 11.3 Å². The molecule has 2 heterocycles. The Kier molecular flexibility index (Phi) is 5.12. The van der Waals surface area contributed by atoms with Crippen molar-refractivity contribution in [2.75, 3.05) is 26.2 Å². The summed E-state index contributed by atoms with van der Waals surface area (Å²) in [6, 6.07) is 0.0390. The number of likely N-dealkylation sites (tertiary alicyclic amines) is 2. The molecule has 2 aliphatic rings. The van der Waals surface area contributed by atoms with Gasteiger partial charge in [-0.3, -0.25) is 4.79 Å². The van der Waals surface area contributed by atoms with Crippen molar-refractivity contribution < 1.29 is 14.7 Å². The minimum atomic E-state index is -0.795. The third-order valence-electron chi connectivity index (χ3n) is 5.08. The number of carboxylic acid groups (broad SMARTS) is 1. The molecule has 2 fully saturated rings. The van der Waals surface area contributed by atoms with E-state index in [4.69, 9.17) is 0 Å². The average Bonchev–Trinajstić information content (AvgIpc) is 2.71. The summed E-state index contributed by atoms with van der Waals surface area (Å²) in [6.07, 6.45) is 6.39. The third-order valence-corrected chi connectivity index (χ3v) is 5.08. The zero-order chi connectivity index (χ0) is 15.5. The molecule has 0 saturated carbocycles. The van der Waals surface area contributed by atoms with Crippen LogP contribution in [0.3, 0.4) is 0 Å². The highest BCUT2D eigenvalue weighted by Crippen LogP contribution is 2.31. The van der Waals surface area contributed by atoms with Crippen LogP contribution in [0.25, 0.3) is 0 Å². The molecule has 21 heavy (non-hydrogen) atoms. The zero-order valence-corrected chi connectivity index (χ0v) is 13.3. The predicted octanol–water partition coefficient (Wildman–Crippen LogP) is 2.81. The minimum Gasteiger partial charge on any atom is -0.481 e. The number of nitrogens with zero attached hydrogens (tertiary/aromatic N) is 2. The molecule has 0 radical (unpaired) electrons. The number of carbonyl (C=O) groups excluding carboxylic acids is 1. The van der Waals surface area contributed by atoms with E-state index >= 15 is 0 Å². The molecule has 0 aromatic carbocycles. The highest BCUT2D eigenvalue weighted by atomic mass is 16.4. The van der Waals surface area contributed by atoms with E-state index in [1.165, 1.54) is 19.3 Å². The Morgan fingerprint density at radius 2 is 1.95 bits per heavy atom. The van der Waals surface area contributed by atoms with Gasteiger partial charge in [-0.05, 0) is 38.5 Å². The summed E-state index contributed by atoms with van der Waals surface area (Å²) in [4.78, 5) is 27.5. The van der Waals surface area contributed by atoms with Gasteiger partial charge in [-0.25, -0.2) is 4.79 Å². The summed E-state index contributed by atoms with van der Waals surface area (Å²) >= 11 is 0. The Labute approximate surface area is 127 Å². The Morgan fingerprint density at radius 1 is 1.19 bits per heavy atom. The first kappa shape index (κ1) is 16.1. The fraction of sp³-hybridized carbons (Fsp3) is 0.875. The molecule has 1 N–H and O–H groups in total. The zero-order valence-electron chi connectivity index (χ0n) is 13.3. The van der Waals surface area contributed by atoms with Crippen LogP contribution in [0.4, 0.5) is 4.79 Å². The van der Waals surface area contributed by atoms with Gasteiger partial charge in [0.05, 0.1) is 5.41 Å². The number of urea groups is 1. The predicted molar refractivity (Wildman–Crippen MR) is 81.2 cm³/mol. The molecular weight excluding hydrogens is 268 g/mol. The molecule has 0 spiro atoms. The number of rotatable bonds is 3. The Bertz CT molecular complexity index is 399. The van der Waals surface area contributed by atoms with E-state index in [0.717, 1.165) is 31.8 Å². The molecule has 2 rings (SSSR count). The van der Waals surface area contributed by atoms with Crippen molar-refractivity contribution in [3.8, 4) is 0 Å². The lowest BCUT2D eigenvalue weighted by Gasteiger charge is -2.28. The van der Waals surface area contributed by atoms with Gasteiger partial charge in [0, 0.05) is 26.2 Å². The van der Waals surface area contributed by atoms with Crippen LogP contribution in [0.5, 0.6) is 0 Å². The summed E-state index contributed by atoms with van der Waals surface area (Å²) < 4.78 is 0. The maximum Gasteiger partial charge on any atom is 0.320 e. The van der Waals surface area contributed by atoms with Crippen LogP contribution in [-0.4, -0.2) is 53.1 Å². The van der Waals surface area contributed by atoms with Gasteiger partial charge in [-0.2, -0.15) is 0 Å². The molecule has 2 aliphatic heterocycles. The molecule has 2 saturated heterocycles. The lowest BCUT2D eigenvalue weighted by atomic mass is 9.90. The number of hydrogen-bond acceptors (Lipinski definition) is 2. The van der Waals surface area contributed by atoms with Gasteiger partial charge in [0.2, 0.25) is 0 Å². The van der Waals surface area contributed by atoms with Crippen LogP contribution in [0.15, 0.2) is 0 Å². The van der Waals surface area contributed by atoms with Gasteiger partial charge < -0.3 is 14.9 Å². The number of hydrogen-bond donors (Lipinski definition) is 1. The maximum atomic E-state index is 12.6. The third kappa shape index (κ3) is 3.69. The van der Waals surface area contributed by atoms with E-state index in [-0.39, 0.29) is 6.03 Å². The van der Waals surface area contributed by atoms with Crippen molar-refractivity contribution in [3.63, 3.8) is 0 Å². The van der Waals surface area contributed by atoms with Gasteiger partial charge >= 0.3 is 12.0 Å². The first-order valence-corrected chi connectivity index (χ1v) is 8.23. The van der Waals surface area contributed by atoms with Crippen LogP contribution >= 0.6 is 0 Å². The van der Waals surface area contributed by atoms with Gasteiger partial charge in [-0.1, -0.05) is 19.8 Å². The van der Waals surface area contributed by atoms with Gasteiger partial charge in [0.25, 0.3) is 0 Å². The molecule has 0 aliphatic carbocycles. The highest BCUT2D eigenvalue weighted by Gasteiger charge is 2.43. The summed E-state index contributed by atoms with van der Waals surface area (Å²) in [6.45, 7) is 6.50. The molecule has 2 unspecified atom stereocenters. The van der Waals surface area contributed by atoms with Crippen molar-refractivity contribution in [3.05, 3.63) is 0 Å². The number of carboxylic acids is 1. The SMILES string of the molecule is CCCC1CCCN(C(=O)N2CCC(C)(C(=O)O)C2)CC1. The van der Waals surface area contributed by atoms with Crippen LogP contribution in [0.1, 0.15) is 52.4 Å². The fourth-order valence-electron chi connectivity index (χ4n) is 3.55. The van der Waals surface area contributed by atoms with Gasteiger partial charge in [0.15, 0.2) is 0 Å². The van der Waals surface area contributed by atoms with Crippen molar-refractivity contribution in [1.29, 1.82) is 0 Å². The Morgan fingerprint density at radius 3 is 2.57 bits per heavy atom. The molecule has 2 atom stereocenters. The van der Waals surface area contributed by atoms with Crippen molar-refractivity contribution in [1.82, 2.24) is 9.80 Å². The first-order chi connectivity index (χ1) is 9.96. The van der Waals surface area contributed by atoms with E-state index < -0.39 is 11.4 Å². The summed E-state index contributed by atoms with van der Waals surface area (Å²) in [7, 11) is 0. The quantitative estimate of drug-likeness (QED) is 0.871. The standard InChI is InChI=1S/C16H28N2O3/c1-3-5-13-6-4-9-17(10-7-13)15(21)18-11-8-16(2,12-18)14(19)20/h13H,3-12H2,1-2H3,(H,19,20). The Balaban J connectivity index is 1.90. The second-order valence-electron chi connectivity index (χ2n) is 6.89. The van der Waals surface area contributed by atoms with Crippen LogP contribution in [0.2, 0.25) is 0 Å². The molecule has 0 aromatic rings. The summed E-state index contributed by atoms with van der Waals surface area (Å²) in [5.41, 5.74) is -0.772. The monoisotopic (exact) mass is 296 g/mol. The van der Waals surface area contributed by atoms with E-state index in [2.05, 4.69) is 6.92 Å². The van der Waals surface area contributed by atoms with Gasteiger partial charge in [-0.15, -0.1) is 0 Å². The topological polar surface area (TPSA) is 60.9 Å². The molecule has 5 nitrogen and oxygen atoms in total. The summed E-state index contributed by atoms with van der Waals surface area (Å²) in [5.74, 6) is -0.0488. The fourth-order valence-corrected chi connectivity index (χ4v) is 3.55. The van der Waals surface area contributed by atoms with E-state index in [9.17, 15) is 14.7 Å². The lowest BCUT2D eigenvalue weighted by Crippen LogP contribution is -2.44. The molecule has 0 bridgehead atoms. The highest BCUT2D eigenvalue weighted by molar-refractivity contribution is 5.79. The van der Waals surface area contributed by atoms with Crippen molar-refractivity contribution in [2.24, 2.45) is 11.3 Å². The lowest BCUT2D eigenvalue weighted by molar-refractivity contribution is -0.147. The number of carbonyl (C=O) groups is 2. The molecular formula is C16H28N2O3. The largest absolute Gasteiger partial charge is 0.481 e.